The third kappa shape index (κ3) is 6.05. The largest absolute Gasteiger partial charge is 0.492 e. The van der Waals surface area contributed by atoms with Gasteiger partial charge < -0.3 is 15.0 Å². The zero-order valence-electron chi connectivity index (χ0n) is 16.1. The number of aromatic nitrogens is 2. The molecule has 0 bridgehead atoms. The molecule has 28 heavy (non-hydrogen) atoms. The van der Waals surface area contributed by atoms with Crippen LogP contribution in [0.25, 0.3) is 0 Å². The summed E-state index contributed by atoms with van der Waals surface area (Å²) in [6.07, 6.45) is 6.11. The van der Waals surface area contributed by atoms with Crippen molar-refractivity contribution in [3.63, 3.8) is 0 Å². The van der Waals surface area contributed by atoms with E-state index in [1.807, 2.05) is 17.9 Å². The van der Waals surface area contributed by atoms with Crippen LogP contribution in [0.15, 0.2) is 35.6 Å². The maximum atomic E-state index is 13.2. The molecular weight excluding hydrogens is 479 g/mol. The number of rotatable bonds is 6. The number of guanidine groups is 1. The number of benzene rings is 1. The number of nitrogens with one attached hydrogen (secondary N) is 1. The van der Waals surface area contributed by atoms with E-state index in [2.05, 4.69) is 26.5 Å². The quantitative estimate of drug-likeness (QED) is 0.284. The fraction of sp³-hybridized carbons (Fsp3) is 0.474. The van der Waals surface area contributed by atoms with Crippen molar-refractivity contribution in [3.8, 4) is 5.75 Å². The second-order valence-electron chi connectivity index (χ2n) is 6.73. The highest BCUT2D eigenvalue weighted by molar-refractivity contribution is 14.0. The highest BCUT2D eigenvalue weighted by Gasteiger charge is 2.25. The molecule has 0 spiro atoms. The van der Waals surface area contributed by atoms with Crippen LogP contribution in [0.5, 0.6) is 5.75 Å². The van der Waals surface area contributed by atoms with Crippen molar-refractivity contribution in [2.45, 2.75) is 12.8 Å². The van der Waals surface area contributed by atoms with Crippen LogP contribution in [0.4, 0.5) is 8.78 Å². The molecule has 0 aliphatic carbocycles. The Morgan fingerprint density at radius 2 is 2.18 bits per heavy atom. The van der Waals surface area contributed by atoms with Gasteiger partial charge in [0, 0.05) is 39.4 Å². The Hall–Kier alpha value is -1.91. The first kappa shape index (κ1) is 22.4. The summed E-state index contributed by atoms with van der Waals surface area (Å²) in [6.45, 7) is 2.75. The van der Waals surface area contributed by atoms with E-state index in [0.717, 1.165) is 44.0 Å². The molecule has 1 aromatic carbocycles. The van der Waals surface area contributed by atoms with Crippen molar-refractivity contribution < 1.29 is 13.5 Å². The third-order valence-corrected chi connectivity index (χ3v) is 4.62. The Morgan fingerprint density at radius 1 is 1.36 bits per heavy atom. The lowest BCUT2D eigenvalue weighted by molar-refractivity contribution is 0.316. The minimum Gasteiger partial charge on any atom is -0.492 e. The Balaban J connectivity index is 0.00000280. The molecule has 0 saturated carbocycles. The first-order valence-corrected chi connectivity index (χ1v) is 9.06. The van der Waals surface area contributed by atoms with Crippen molar-refractivity contribution >= 4 is 29.9 Å². The lowest BCUT2D eigenvalue weighted by Crippen LogP contribution is -2.41. The summed E-state index contributed by atoms with van der Waals surface area (Å²) in [4.78, 5) is 6.57. The van der Waals surface area contributed by atoms with Crippen LogP contribution >= 0.6 is 24.0 Å². The maximum Gasteiger partial charge on any atom is 0.193 e. The summed E-state index contributed by atoms with van der Waals surface area (Å²) in [5.41, 5.74) is 1.26. The number of ether oxygens (including phenoxy) is 1. The van der Waals surface area contributed by atoms with E-state index in [4.69, 9.17) is 4.74 Å². The monoisotopic (exact) mass is 505 g/mol. The topological polar surface area (TPSA) is 54.7 Å². The van der Waals surface area contributed by atoms with Gasteiger partial charge in [-0.3, -0.25) is 9.67 Å². The van der Waals surface area contributed by atoms with Crippen LogP contribution in [0, 0.1) is 17.6 Å². The highest BCUT2D eigenvalue weighted by Crippen LogP contribution is 2.20. The molecule has 2 aromatic rings. The molecule has 0 amide bonds. The fourth-order valence-corrected chi connectivity index (χ4v) is 3.33. The minimum absolute atomic E-state index is 0. The van der Waals surface area contributed by atoms with Gasteiger partial charge in [-0.25, -0.2) is 8.78 Å². The summed E-state index contributed by atoms with van der Waals surface area (Å²) in [7, 11) is 3.69. The second kappa shape index (κ2) is 10.6. The van der Waals surface area contributed by atoms with E-state index in [1.54, 1.807) is 7.05 Å². The molecule has 0 radical (unpaired) electrons. The first-order valence-electron chi connectivity index (χ1n) is 9.06. The molecule has 1 aromatic heterocycles. The van der Waals surface area contributed by atoms with Crippen LogP contribution in [0.2, 0.25) is 0 Å². The zero-order valence-corrected chi connectivity index (χ0v) is 18.4. The number of aryl methyl sites for hydroxylation is 1. The lowest BCUT2D eigenvalue weighted by atomic mass is 10.0. The number of hydrogen-bond acceptors (Lipinski definition) is 3. The van der Waals surface area contributed by atoms with Crippen LogP contribution in [-0.2, 0) is 13.5 Å². The summed E-state index contributed by atoms with van der Waals surface area (Å²) in [5.74, 6) is -0.0732. The van der Waals surface area contributed by atoms with E-state index in [-0.39, 0.29) is 24.0 Å². The van der Waals surface area contributed by atoms with Crippen molar-refractivity contribution in [2.24, 2.45) is 18.0 Å². The SMILES string of the molecule is CN=C(NCCOc1ccc(F)c(F)c1)N1CCC(Cc2cnn(C)c2)C1.I. The van der Waals surface area contributed by atoms with E-state index in [9.17, 15) is 8.78 Å². The average molecular weight is 505 g/mol. The molecule has 6 nitrogen and oxygen atoms in total. The van der Waals surface area contributed by atoms with Gasteiger partial charge in [-0.1, -0.05) is 0 Å². The van der Waals surface area contributed by atoms with Crippen molar-refractivity contribution in [3.05, 3.63) is 47.8 Å². The predicted octanol–water partition coefficient (Wildman–Crippen LogP) is 2.84. The number of hydrogen-bond donors (Lipinski definition) is 1. The van der Waals surface area contributed by atoms with Gasteiger partial charge in [0.2, 0.25) is 0 Å². The number of halogens is 3. The molecular formula is C19H26F2IN5O. The number of aliphatic imine (C=N–C) groups is 1. The van der Waals surface area contributed by atoms with Crippen LogP contribution < -0.4 is 10.1 Å². The Labute approximate surface area is 181 Å². The van der Waals surface area contributed by atoms with Gasteiger partial charge in [0.15, 0.2) is 17.6 Å². The molecule has 1 saturated heterocycles. The summed E-state index contributed by atoms with van der Waals surface area (Å²) in [5, 5.41) is 7.49. The van der Waals surface area contributed by atoms with Crippen LogP contribution in [0.3, 0.4) is 0 Å². The second-order valence-corrected chi connectivity index (χ2v) is 6.73. The fourth-order valence-electron chi connectivity index (χ4n) is 3.33. The van der Waals surface area contributed by atoms with E-state index in [1.165, 1.54) is 11.6 Å². The zero-order chi connectivity index (χ0) is 19.2. The van der Waals surface area contributed by atoms with E-state index in [0.29, 0.717) is 24.8 Å². The Morgan fingerprint density at radius 3 is 2.86 bits per heavy atom. The minimum atomic E-state index is -0.909. The summed E-state index contributed by atoms with van der Waals surface area (Å²) < 4.78 is 33.4. The van der Waals surface area contributed by atoms with E-state index >= 15 is 0 Å². The maximum absolute atomic E-state index is 13.2. The first-order chi connectivity index (χ1) is 13.0. The average Bonchev–Trinajstić information content (AvgIpc) is 3.27. The Kier molecular flexibility index (Phi) is 8.46. The van der Waals surface area contributed by atoms with Crippen molar-refractivity contribution in [2.75, 3.05) is 33.3 Å². The van der Waals surface area contributed by atoms with Crippen molar-refractivity contribution in [1.29, 1.82) is 0 Å². The van der Waals surface area contributed by atoms with Gasteiger partial charge in [-0.05, 0) is 36.5 Å². The summed E-state index contributed by atoms with van der Waals surface area (Å²) in [6, 6.07) is 3.52. The van der Waals surface area contributed by atoms with Gasteiger partial charge in [0.05, 0.1) is 12.7 Å². The van der Waals surface area contributed by atoms with E-state index < -0.39 is 11.6 Å². The Bertz CT molecular complexity index is 798. The lowest BCUT2D eigenvalue weighted by Gasteiger charge is -2.21. The molecule has 1 fully saturated rings. The van der Waals surface area contributed by atoms with Crippen molar-refractivity contribution in [1.82, 2.24) is 20.0 Å². The molecule has 1 atom stereocenters. The van der Waals surface area contributed by atoms with Crippen LogP contribution in [-0.4, -0.2) is 53.9 Å². The molecule has 9 heteroatoms. The number of likely N-dealkylation sites (tertiary alicyclic amines) is 1. The number of nitrogens with zero attached hydrogens (tertiary/aromatic N) is 4. The molecule has 2 heterocycles. The molecule has 3 rings (SSSR count). The third-order valence-electron chi connectivity index (χ3n) is 4.62. The molecule has 1 aliphatic heterocycles. The normalized spacial score (nSPS) is 16.8. The molecule has 1 N–H and O–H groups in total. The van der Waals surface area contributed by atoms with Gasteiger partial charge in [0.25, 0.3) is 0 Å². The van der Waals surface area contributed by atoms with Gasteiger partial charge >= 0.3 is 0 Å². The standard InChI is InChI=1S/C19H25F2N5O.HI/c1-22-19(23-6-8-27-16-3-4-17(20)18(21)10-16)26-7-5-14(13-26)9-15-11-24-25(2)12-15;/h3-4,10-12,14H,5-9,13H2,1-2H3,(H,22,23);1H. The smallest absolute Gasteiger partial charge is 0.193 e. The molecule has 154 valence electrons. The van der Waals surface area contributed by atoms with Gasteiger partial charge in [-0.2, -0.15) is 5.10 Å². The predicted molar refractivity (Wildman–Crippen MR) is 115 cm³/mol. The summed E-state index contributed by atoms with van der Waals surface area (Å²) >= 11 is 0. The highest BCUT2D eigenvalue weighted by atomic mass is 127. The molecule has 1 aliphatic rings. The van der Waals surface area contributed by atoms with Crippen LogP contribution in [0.1, 0.15) is 12.0 Å². The molecule has 1 unspecified atom stereocenters. The van der Waals surface area contributed by atoms with Gasteiger partial charge in [0.1, 0.15) is 12.4 Å². The van der Waals surface area contributed by atoms with Gasteiger partial charge in [-0.15, -0.1) is 24.0 Å².